The molecule has 1 fully saturated rings. The Morgan fingerprint density at radius 2 is 2.05 bits per heavy atom. The van der Waals surface area contributed by atoms with Gasteiger partial charge in [0.2, 0.25) is 0 Å². The SMILES string of the molecule is Cl.N[C@@H]1CN(C(=O)c2cnsn2)C[C@H]1c1ccccc1. The molecule has 5 nitrogen and oxygen atoms in total. The molecule has 106 valence electrons. The number of carbonyl (C=O) groups excluding carboxylic acids is 1. The summed E-state index contributed by atoms with van der Waals surface area (Å²) in [5.74, 6) is 0.111. The number of nitrogens with two attached hydrogens (primary N) is 1. The van der Waals surface area contributed by atoms with Gasteiger partial charge in [0.25, 0.3) is 5.91 Å². The summed E-state index contributed by atoms with van der Waals surface area (Å²) >= 11 is 1.05. The maximum Gasteiger partial charge on any atom is 0.275 e. The lowest BCUT2D eigenvalue weighted by Crippen LogP contribution is -2.32. The van der Waals surface area contributed by atoms with Crippen LogP contribution >= 0.6 is 24.1 Å². The molecule has 0 spiro atoms. The first-order chi connectivity index (χ1) is 9.25. The monoisotopic (exact) mass is 310 g/mol. The van der Waals surface area contributed by atoms with E-state index >= 15 is 0 Å². The fourth-order valence-corrected chi connectivity index (χ4v) is 2.88. The van der Waals surface area contributed by atoms with Gasteiger partial charge in [-0.05, 0) is 5.56 Å². The summed E-state index contributed by atoms with van der Waals surface area (Å²) in [7, 11) is 0. The van der Waals surface area contributed by atoms with Gasteiger partial charge in [-0.1, -0.05) is 30.3 Å². The van der Waals surface area contributed by atoms with Crippen LogP contribution in [0.15, 0.2) is 36.5 Å². The van der Waals surface area contributed by atoms with Gasteiger partial charge < -0.3 is 10.6 Å². The third kappa shape index (κ3) is 2.82. The minimum Gasteiger partial charge on any atom is -0.335 e. The Morgan fingerprint density at radius 1 is 1.30 bits per heavy atom. The number of nitrogens with zero attached hydrogens (tertiary/aromatic N) is 3. The molecule has 1 aromatic heterocycles. The zero-order valence-electron chi connectivity index (χ0n) is 10.7. The molecule has 0 saturated carbocycles. The summed E-state index contributed by atoms with van der Waals surface area (Å²) in [5.41, 5.74) is 7.76. The van der Waals surface area contributed by atoms with E-state index in [9.17, 15) is 4.79 Å². The van der Waals surface area contributed by atoms with Crippen LogP contribution in [0, 0.1) is 0 Å². The highest BCUT2D eigenvalue weighted by molar-refractivity contribution is 6.99. The minimum absolute atomic E-state index is 0. The lowest BCUT2D eigenvalue weighted by Gasteiger charge is -2.15. The first kappa shape index (κ1) is 14.9. The molecule has 2 N–H and O–H groups in total. The molecule has 2 heterocycles. The lowest BCUT2D eigenvalue weighted by molar-refractivity contribution is 0.0784. The largest absolute Gasteiger partial charge is 0.335 e. The number of likely N-dealkylation sites (tertiary alicyclic amines) is 1. The van der Waals surface area contributed by atoms with Gasteiger partial charge >= 0.3 is 0 Å². The van der Waals surface area contributed by atoms with Crippen molar-refractivity contribution in [2.45, 2.75) is 12.0 Å². The lowest BCUT2D eigenvalue weighted by atomic mass is 9.95. The summed E-state index contributed by atoms with van der Waals surface area (Å²) in [4.78, 5) is 14.0. The normalized spacial score (nSPS) is 21.6. The van der Waals surface area contributed by atoms with Crippen LogP contribution in [0.4, 0.5) is 0 Å². The predicted molar refractivity (Wildman–Crippen MR) is 80.2 cm³/mol. The van der Waals surface area contributed by atoms with Gasteiger partial charge in [-0.25, -0.2) is 0 Å². The Bertz CT molecular complexity index is 563. The van der Waals surface area contributed by atoms with Gasteiger partial charge in [-0.2, -0.15) is 8.75 Å². The first-order valence-electron chi connectivity index (χ1n) is 6.13. The molecule has 1 aromatic carbocycles. The van der Waals surface area contributed by atoms with Crippen molar-refractivity contribution in [2.75, 3.05) is 13.1 Å². The molecule has 0 aliphatic carbocycles. The number of hydrogen-bond acceptors (Lipinski definition) is 5. The summed E-state index contributed by atoms with van der Waals surface area (Å²) in [5, 5.41) is 0. The van der Waals surface area contributed by atoms with Crippen molar-refractivity contribution in [2.24, 2.45) is 5.73 Å². The summed E-state index contributed by atoms with van der Waals surface area (Å²) in [6.45, 7) is 1.21. The number of hydrogen-bond donors (Lipinski definition) is 1. The van der Waals surface area contributed by atoms with E-state index in [4.69, 9.17) is 5.73 Å². The maximum atomic E-state index is 12.2. The van der Waals surface area contributed by atoms with Gasteiger partial charge in [0, 0.05) is 25.0 Å². The molecule has 0 unspecified atom stereocenters. The number of carbonyl (C=O) groups is 1. The molecule has 20 heavy (non-hydrogen) atoms. The molecule has 7 heteroatoms. The Morgan fingerprint density at radius 3 is 2.70 bits per heavy atom. The van der Waals surface area contributed by atoms with Crippen molar-refractivity contribution in [1.29, 1.82) is 0 Å². The Kier molecular flexibility index (Phi) is 4.69. The molecule has 1 amide bonds. The van der Waals surface area contributed by atoms with Gasteiger partial charge in [0.15, 0.2) is 5.69 Å². The Balaban J connectivity index is 0.00000147. The smallest absolute Gasteiger partial charge is 0.275 e. The zero-order valence-corrected chi connectivity index (χ0v) is 12.3. The fourth-order valence-electron chi connectivity index (χ4n) is 2.47. The van der Waals surface area contributed by atoms with Crippen LogP contribution in [0.3, 0.4) is 0 Å². The van der Waals surface area contributed by atoms with Crippen molar-refractivity contribution in [1.82, 2.24) is 13.6 Å². The van der Waals surface area contributed by atoms with Crippen LogP contribution in [0.2, 0.25) is 0 Å². The second-order valence-corrected chi connectivity index (χ2v) is 5.24. The van der Waals surface area contributed by atoms with Crippen LogP contribution in [-0.2, 0) is 0 Å². The molecular formula is C13H15ClN4OS. The van der Waals surface area contributed by atoms with Crippen molar-refractivity contribution in [3.63, 3.8) is 0 Å². The van der Waals surface area contributed by atoms with Crippen LogP contribution in [-0.4, -0.2) is 38.7 Å². The van der Waals surface area contributed by atoms with Crippen molar-refractivity contribution in [3.8, 4) is 0 Å². The van der Waals surface area contributed by atoms with Crippen LogP contribution in [0.25, 0.3) is 0 Å². The number of amides is 1. The first-order valence-corrected chi connectivity index (χ1v) is 6.86. The van der Waals surface area contributed by atoms with E-state index in [0.717, 1.165) is 11.7 Å². The topological polar surface area (TPSA) is 72.1 Å². The van der Waals surface area contributed by atoms with Gasteiger partial charge in [-0.3, -0.25) is 4.79 Å². The van der Waals surface area contributed by atoms with Crippen molar-refractivity contribution >= 4 is 30.0 Å². The predicted octanol–water partition coefficient (Wildman–Crippen LogP) is 1.53. The van der Waals surface area contributed by atoms with E-state index in [1.54, 1.807) is 4.90 Å². The van der Waals surface area contributed by atoms with Crippen molar-refractivity contribution < 1.29 is 4.79 Å². The average Bonchev–Trinajstić information content (AvgIpc) is 3.08. The van der Waals surface area contributed by atoms with E-state index in [2.05, 4.69) is 20.9 Å². The molecule has 2 atom stereocenters. The molecule has 3 rings (SSSR count). The highest BCUT2D eigenvalue weighted by Crippen LogP contribution is 2.27. The number of aromatic nitrogens is 2. The van der Waals surface area contributed by atoms with E-state index in [-0.39, 0.29) is 30.3 Å². The quantitative estimate of drug-likeness (QED) is 0.913. The second kappa shape index (κ2) is 6.30. The van der Waals surface area contributed by atoms with E-state index in [1.807, 2.05) is 18.2 Å². The van der Waals surface area contributed by atoms with Crippen molar-refractivity contribution in [3.05, 3.63) is 47.8 Å². The van der Waals surface area contributed by atoms with E-state index < -0.39 is 0 Å². The average molecular weight is 311 g/mol. The van der Waals surface area contributed by atoms with Crippen LogP contribution in [0.1, 0.15) is 22.0 Å². The molecule has 0 bridgehead atoms. The summed E-state index contributed by atoms with van der Waals surface area (Å²) < 4.78 is 7.84. The van der Waals surface area contributed by atoms with E-state index in [0.29, 0.717) is 18.8 Å². The number of benzene rings is 1. The fraction of sp³-hybridized carbons (Fsp3) is 0.308. The molecule has 0 radical (unpaired) electrons. The third-order valence-corrected chi connectivity index (χ3v) is 3.94. The van der Waals surface area contributed by atoms with Gasteiger partial charge in [0.05, 0.1) is 17.9 Å². The highest BCUT2D eigenvalue weighted by atomic mass is 35.5. The molecule has 1 saturated heterocycles. The number of rotatable bonds is 2. The molecule has 1 aliphatic rings. The van der Waals surface area contributed by atoms with Gasteiger partial charge in [0.1, 0.15) is 0 Å². The third-order valence-electron chi connectivity index (χ3n) is 3.46. The molecule has 1 aliphatic heterocycles. The van der Waals surface area contributed by atoms with Crippen LogP contribution in [0.5, 0.6) is 0 Å². The van der Waals surface area contributed by atoms with E-state index in [1.165, 1.54) is 11.8 Å². The second-order valence-electron chi connectivity index (χ2n) is 4.68. The maximum absolute atomic E-state index is 12.2. The minimum atomic E-state index is -0.0809. The number of halogens is 1. The molecular weight excluding hydrogens is 296 g/mol. The molecule has 2 aromatic rings. The zero-order chi connectivity index (χ0) is 13.2. The Labute approximate surface area is 127 Å². The standard InChI is InChI=1S/C13H14N4OS.ClH/c14-11-8-17(13(18)12-6-15-19-16-12)7-10(11)9-4-2-1-3-5-9;/h1-6,10-11H,7-8,14H2;1H/t10-,11+;/m0./s1. The Hall–Kier alpha value is -1.50. The summed E-state index contributed by atoms with van der Waals surface area (Å²) in [6.07, 6.45) is 1.51. The van der Waals surface area contributed by atoms with Gasteiger partial charge in [-0.15, -0.1) is 12.4 Å². The highest BCUT2D eigenvalue weighted by Gasteiger charge is 2.34. The van der Waals surface area contributed by atoms with Crippen LogP contribution < -0.4 is 5.73 Å². The summed E-state index contributed by atoms with van der Waals surface area (Å²) in [6, 6.07) is 10.1.